The molecule has 108 valence electrons. The fourth-order valence-electron chi connectivity index (χ4n) is 1.79. The van der Waals surface area contributed by atoms with Crippen molar-refractivity contribution in [3.8, 4) is 11.4 Å². The zero-order chi connectivity index (χ0) is 15.1. The molecule has 1 aromatic carbocycles. The van der Waals surface area contributed by atoms with Crippen LogP contribution in [0.4, 0.5) is 4.39 Å². The predicted molar refractivity (Wildman–Crippen MR) is 74.9 cm³/mol. The molecule has 20 heavy (non-hydrogen) atoms. The number of hydrogen-bond acceptors (Lipinski definition) is 4. The zero-order valence-corrected chi connectivity index (χ0v) is 13.1. The van der Waals surface area contributed by atoms with Crippen molar-refractivity contribution in [3.63, 3.8) is 0 Å². The maximum atomic E-state index is 13.1. The number of rotatable bonds is 3. The summed E-state index contributed by atoms with van der Waals surface area (Å²) in [6.45, 7) is 3.55. The molecular formula is C11H12BrFN4O2S. The van der Waals surface area contributed by atoms with Crippen LogP contribution in [0.1, 0.15) is 19.9 Å². The lowest BCUT2D eigenvalue weighted by atomic mass is 10.2. The number of aromatic nitrogens is 3. The van der Waals surface area contributed by atoms with E-state index in [1.807, 2.05) is 0 Å². The monoisotopic (exact) mass is 362 g/mol. The van der Waals surface area contributed by atoms with Gasteiger partial charge in [-0.1, -0.05) is 0 Å². The molecule has 0 aliphatic heterocycles. The van der Waals surface area contributed by atoms with Crippen LogP contribution in [0, 0.1) is 5.82 Å². The molecule has 0 fully saturated rings. The van der Waals surface area contributed by atoms with Crippen molar-refractivity contribution in [2.45, 2.75) is 25.0 Å². The molecule has 9 heteroatoms. The second-order valence-corrected chi connectivity index (χ2v) is 6.75. The molecule has 0 aliphatic rings. The van der Waals surface area contributed by atoms with E-state index in [-0.39, 0.29) is 11.2 Å². The molecule has 0 saturated carbocycles. The van der Waals surface area contributed by atoms with E-state index < -0.39 is 15.8 Å². The number of halogens is 2. The van der Waals surface area contributed by atoms with E-state index in [1.165, 1.54) is 22.8 Å². The van der Waals surface area contributed by atoms with Gasteiger partial charge in [0.25, 0.3) is 15.2 Å². The summed E-state index contributed by atoms with van der Waals surface area (Å²) < 4.78 is 38.0. The van der Waals surface area contributed by atoms with Gasteiger partial charge in [-0.25, -0.2) is 17.9 Å². The Morgan fingerprint density at radius 2 is 2.00 bits per heavy atom. The first kappa shape index (κ1) is 15.1. The quantitative estimate of drug-likeness (QED) is 0.904. The number of nitrogens with two attached hydrogens (primary N) is 1. The van der Waals surface area contributed by atoms with Gasteiger partial charge in [0.2, 0.25) is 0 Å². The summed E-state index contributed by atoms with van der Waals surface area (Å²) in [4.78, 5) is 0. The molecule has 0 unspecified atom stereocenters. The van der Waals surface area contributed by atoms with Crippen LogP contribution in [0.3, 0.4) is 0 Å². The molecular weight excluding hydrogens is 351 g/mol. The van der Waals surface area contributed by atoms with Crippen LogP contribution in [0.2, 0.25) is 0 Å². The minimum Gasteiger partial charge on any atom is -0.294 e. The van der Waals surface area contributed by atoms with Crippen LogP contribution >= 0.6 is 15.9 Å². The molecule has 0 aliphatic carbocycles. The van der Waals surface area contributed by atoms with Gasteiger partial charge in [-0.2, -0.15) is 0 Å². The largest absolute Gasteiger partial charge is 0.294 e. The van der Waals surface area contributed by atoms with E-state index in [0.29, 0.717) is 15.9 Å². The van der Waals surface area contributed by atoms with E-state index >= 15 is 0 Å². The minimum absolute atomic E-state index is 0.231. The highest BCUT2D eigenvalue weighted by Crippen LogP contribution is 2.30. The third-order valence-electron chi connectivity index (χ3n) is 2.61. The minimum atomic E-state index is -3.99. The lowest BCUT2D eigenvalue weighted by Crippen LogP contribution is -2.20. The number of primary sulfonamides is 1. The highest BCUT2D eigenvalue weighted by molar-refractivity contribution is 9.10. The maximum absolute atomic E-state index is 13.1. The van der Waals surface area contributed by atoms with Gasteiger partial charge in [0.1, 0.15) is 5.82 Å². The average Bonchev–Trinajstić information content (AvgIpc) is 2.72. The van der Waals surface area contributed by atoms with Gasteiger partial charge in [0.05, 0.1) is 0 Å². The fourth-order valence-corrected chi connectivity index (χ4v) is 3.05. The van der Waals surface area contributed by atoms with E-state index in [1.54, 1.807) is 13.8 Å². The molecule has 2 rings (SSSR count). The summed E-state index contributed by atoms with van der Waals surface area (Å²) in [7, 11) is -3.99. The predicted octanol–water partition coefficient (Wildman–Crippen LogP) is 2.07. The van der Waals surface area contributed by atoms with Crippen LogP contribution in [-0.4, -0.2) is 23.2 Å². The molecule has 0 atom stereocenters. The molecule has 2 N–H and O–H groups in total. The van der Waals surface area contributed by atoms with E-state index in [0.717, 1.165) is 0 Å². The van der Waals surface area contributed by atoms with Crippen LogP contribution in [0.5, 0.6) is 0 Å². The Labute approximate surface area is 124 Å². The Bertz CT molecular complexity index is 758. The van der Waals surface area contributed by atoms with Gasteiger partial charge in [0, 0.05) is 16.1 Å². The first-order chi connectivity index (χ1) is 9.21. The molecule has 2 aromatic rings. The Morgan fingerprint density at radius 1 is 1.35 bits per heavy atom. The SMILES string of the molecule is CC(C)n1c(-c2ccc(F)cc2Br)nnc1S(N)(=O)=O. The summed E-state index contributed by atoms with van der Waals surface area (Å²) in [6, 6.07) is 3.79. The van der Waals surface area contributed by atoms with Crippen LogP contribution in [-0.2, 0) is 10.0 Å². The molecule has 1 aromatic heterocycles. The van der Waals surface area contributed by atoms with Gasteiger partial charge in [-0.05, 0) is 48.0 Å². The molecule has 6 nitrogen and oxygen atoms in total. The van der Waals surface area contributed by atoms with E-state index in [2.05, 4.69) is 26.1 Å². The number of benzene rings is 1. The van der Waals surface area contributed by atoms with Crippen LogP contribution < -0.4 is 5.14 Å². The zero-order valence-electron chi connectivity index (χ0n) is 10.7. The molecule has 0 radical (unpaired) electrons. The van der Waals surface area contributed by atoms with Gasteiger partial charge < -0.3 is 0 Å². The van der Waals surface area contributed by atoms with Crippen molar-refractivity contribution in [1.29, 1.82) is 0 Å². The second-order valence-electron chi connectivity index (χ2n) is 4.44. The van der Waals surface area contributed by atoms with Gasteiger partial charge in [0.15, 0.2) is 5.82 Å². The van der Waals surface area contributed by atoms with Crippen LogP contribution in [0.15, 0.2) is 27.8 Å². The third-order valence-corrected chi connectivity index (χ3v) is 4.05. The highest BCUT2D eigenvalue weighted by Gasteiger charge is 2.24. The lowest BCUT2D eigenvalue weighted by molar-refractivity contribution is 0.524. The Kier molecular flexibility index (Phi) is 3.94. The van der Waals surface area contributed by atoms with Crippen molar-refractivity contribution in [1.82, 2.24) is 14.8 Å². The average molecular weight is 363 g/mol. The van der Waals surface area contributed by atoms with Crippen molar-refractivity contribution in [3.05, 3.63) is 28.5 Å². The number of sulfonamides is 1. The van der Waals surface area contributed by atoms with Gasteiger partial charge >= 0.3 is 0 Å². The summed E-state index contributed by atoms with van der Waals surface area (Å²) >= 11 is 3.23. The van der Waals surface area contributed by atoms with Crippen molar-refractivity contribution >= 4 is 26.0 Å². The summed E-state index contributed by atoms with van der Waals surface area (Å²) in [5.74, 6) is -0.112. The van der Waals surface area contributed by atoms with Crippen molar-refractivity contribution in [2.75, 3.05) is 0 Å². The Hall–Kier alpha value is -1.32. The first-order valence-corrected chi connectivity index (χ1v) is 7.99. The van der Waals surface area contributed by atoms with E-state index in [4.69, 9.17) is 5.14 Å². The third kappa shape index (κ3) is 2.74. The summed E-state index contributed by atoms with van der Waals surface area (Å²) in [5, 5.41) is 12.3. The topological polar surface area (TPSA) is 90.9 Å². The molecule has 0 spiro atoms. The molecule has 0 saturated heterocycles. The normalized spacial score (nSPS) is 12.1. The summed E-state index contributed by atoms with van der Waals surface area (Å²) in [5.41, 5.74) is 0.530. The summed E-state index contributed by atoms with van der Waals surface area (Å²) in [6.07, 6.45) is 0. The Balaban J connectivity index is 2.73. The second kappa shape index (κ2) is 5.23. The smallest absolute Gasteiger partial charge is 0.273 e. The number of hydrogen-bond donors (Lipinski definition) is 1. The highest BCUT2D eigenvalue weighted by atomic mass is 79.9. The Morgan fingerprint density at radius 3 is 2.50 bits per heavy atom. The van der Waals surface area contributed by atoms with Crippen molar-refractivity contribution < 1.29 is 12.8 Å². The fraction of sp³-hybridized carbons (Fsp3) is 0.273. The lowest BCUT2D eigenvalue weighted by Gasteiger charge is -2.13. The van der Waals surface area contributed by atoms with Gasteiger partial charge in [-0.3, -0.25) is 4.57 Å². The molecule has 0 amide bonds. The molecule has 1 heterocycles. The molecule has 0 bridgehead atoms. The van der Waals surface area contributed by atoms with Crippen molar-refractivity contribution in [2.24, 2.45) is 5.14 Å². The maximum Gasteiger partial charge on any atom is 0.273 e. The van der Waals surface area contributed by atoms with Crippen LogP contribution in [0.25, 0.3) is 11.4 Å². The standard InChI is InChI=1S/C11H12BrFN4O2S/c1-6(2)17-10(15-16-11(17)20(14,18)19)8-4-3-7(13)5-9(8)12/h3-6H,1-2H3,(H2,14,18,19). The number of nitrogens with zero attached hydrogens (tertiary/aromatic N) is 3. The first-order valence-electron chi connectivity index (χ1n) is 5.65. The van der Waals surface area contributed by atoms with Gasteiger partial charge in [-0.15, -0.1) is 10.2 Å². The van der Waals surface area contributed by atoms with E-state index in [9.17, 15) is 12.8 Å².